The van der Waals surface area contributed by atoms with Crippen molar-refractivity contribution >= 4 is 45.1 Å². The molecule has 0 aliphatic carbocycles. The molecule has 1 saturated heterocycles. The van der Waals surface area contributed by atoms with Gasteiger partial charge < -0.3 is 14.6 Å². The quantitative estimate of drug-likeness (QED) is 0.287. The van der Waals surface area contributed by atoms with Crippen LogP contribution >= 0.6 is 39.1 Å². The fourth-order valence-electron chi connectivity index (χ4n) is 4.67. The number of carboxylic acid groups (broad SMARTS) is 1. The predicted octanol–water partition coefficient (Wildman–Crippen LogP) is 8.40. The number of hydrogen-bond acceptors (Lipinski definition) is 3. The van der Waals surface area contributed by atoms with E-state index in [0.717, 1.165) is 28.7 Å². The topological polar surface area (TPSA) is 55.8 Å². The summed E-state index contributed by atoms with van der Waals surface area (Å²) >= 11 is 16.0. The number of aliphatic carboxylic acids is 1. The first kappa shape index (κ1) is 25.8. The van der Waals surface area contributed by atoms with Gasteiger partial charge in [-0.15, -0.1) is 0 Å². The summed E-state index contributed by atoms with van der Waals surface area (Å²) in [5.41, 5.74) is 3.82. The summed E-state index contributed by atoms with van der Waals surface area (Å²) < 4.78 is 13.3. The Kier molecular flexibility index (Phi) is 8.23. The third-order valence-corrected chi connectivity index (χ3v) is 7.40. The SMILES string of the molecule is C=C(C)[C@H]1C[C@H](c2cccc(Cl)c2)[C@H](c2ccc(Cl)cc2)O[C@@H]1c1cccc(Br)c1OCC(=O)O. The highest BCUT2D eigenvalue weighted by Gasteiger charge is 2.41. The molecule has 4 nitrogen and oxygen atoms in total. The van der Waals surface area contributed by atoms with E-state index < -0.39 is 18.7 Å². The first-order valence-electron chi connectivity index (χ1n) is 11.2. The van der Waals surface area contributed by atoms with Crippen LogP contribution in [0, 0.1) is 5.92 Å². The second-order valence-corrected chi connectivity index (χ2v) is 10.4. The highest BCUT2D eigenvalue weighted by molar-refractivity contribution is 9.10. The van der Waals surface area contributed by atoms with Crippen LogP contribution in [-0.2, 0) is 9.53 Å². The number of carbonyl (C=O) groups is 1. The van der Waals surface area contributed by atoms with Crippen molar-refractivity contribution in [2.45, 2.75) is 31.5 Å². The van der Waals surface area contributed by atoms with E-state index >= 15 is 0 Å². The van der Waals surface area contributed by atoms with Gasteiger partial charge in [-0.1, -0.05) is 71.8 Å². The summed E-state index contributed by atoms with van der Waals surface area (Å²) in [4.78, 5) is 11.2. The molecule has 0 bridgehead atoms. The maximum absolute atomic E-state index is 11.2. The molecule has 7 heteroatoms. The minimum atomic E-state index is -1.05. The molecule has 1 heterocycles. The van der Waals surface area contributed by atoms with Gasteiger partial charge in [-0.25, -0.2) is 4.79 Å². The van der Waals surface area contributed by atoms with Crippen molar-refractivity contribution in [1.82, 2.24) is 0 Å². The van der Waals surface area contributed by atoms with Crippen LogP contribution in [0.2, 0.25) is 10.0 Å². The van der Waals surface area contributed by atoms with E-state index in [1.54, 1.807) is 0 Å². The first-order chi connectivity index (χ1) is 16.7. The van der Waals surface area contributed by atoms with Crippen molar-refractivity contribution < 1.29 is 19.4 Å². The van der Waals surface area contributed by atoms with Gasteiger partial charge in [0.1, 0.15) is 5.75 Å². The molecule has 0 spiro atoms. The van der Waals surface area contributed by atoms with E-state index in [4.69, 9.17) is 32.7 Å². The zero-order valence-electron chi connectivity index (χ0n) is 19.1. The third-order valence-electron chi connectivity index (χ3n) is 6.28. The summed E-state index contributed by atoms with van der Waals surface area (Å²) in [6.07, 6.45) is 0.0703. The van der Waals surface area contributed by atoms with Crippen molar-refractivity contribution in [3.05, 3.63) is 110 Å². The Balaban J connectivity index is 1.81. The first-order valence-corrected chi connectivity index (χ1v) is 12.7. The molecule has 182 valence electrons. The standard InChI is InChI=1S/C28H25BrCl2O4/c1-16(2)22-14-23(18-5-3-6-20(31)13-18)26(17-9-11-19(30)12-10-17)35-27(22)21-7-4-8-24(29)28(21)34-15-25(32)33/h3-13,22-23,26-27H,1,14-15H2,2H3,(H,32,33)/t22-,23-,26+,27-/m1/s1. The lowest BCUT2D eigenvalue weighted by atomic mass is 9.74. The zero-order chi connectivity index (χ0) is 25.1. The number of para-hydroxylation sites is 1. The molecule has 0 amide bonds. The van der Waals surface area contributed by atoms with E-state index in [-0.39, 0.29) is 17.9 Å². The molecule has 0 radical (unpaired) electrons. The molecule has 1 aliphatic rings. The van der Waals surface area contributed by atoms with Crippen LogP contribution in [0.1, 0.15) is 48.2 Å². The summed E-state index contributed by atoms with van der Waals surface area (Å²) in [5.74, 6) is -0.609. The molecule has 1 aliphatic heterocycles. The lowest BCUT2D eigenvalue weighted by Crippen LogP contribution is -2.32. The van der Waals surface area contributed by atoms with Gasteiger partial charge in [0.05, 0.1) is 16.7 Å². The number of rotatable bonds is 7. The van der Waals surface area contributed by atoms with Crippen LogP contribution < -0.4 is 4.74 Å². The Labute approximate surface area is 223 Å². The van der Waals surface area contributed by atoms with Crippen LogP contribution in [-0.4, -0.2) is 17.7 Å². The fraction of sp³-hybridized carbons (Fsp3) is 0.250. The molecule has 3 aromatic carbocycles. The van der Waals surface area contributed by atoms with E-state index in [1.807, 2.05) is 67.6 Å². The largest absolute Gasteiger partial charge is 0.480 e. The number of benzene rings is 3. The van der Waals surface area contributed by atoms with Gasteiger partial charge in [-0.3, -0.25) is 0 Å². The maximum Gasteiger partial charge on any atom is 0.341 e. The van der Waals surface area contributed by atoms with Crippen LogP contribution in [0.15, 0.2) is 83.4 Å². The van der Waals surface area contributed by atoms with Gasteiger partial charge >= 0.3 is 5.97 Å². The lowest BCUT2D eigenvalue weighted by Gasteiger charge is -2.43. The Morgan fingerprint density at radius 3 is 2.43 bits per heavy atom. The molecule has 4 atom stereocenters. The maximum atomic E-state index is 11.2. The Morgan fingerprint density at radius 1 is 1.06 bits per heavy atom. The molecule has 0 saturated carbocycles. The normalized spacial score (nSPS) is 21.9. The predicted molar refractivity (Wildman–Crippen MR) is 142 cm³/mol. The molecule has 35 heavy (non-hydrogen) atoms. The van der Waals surface area contributed by atoms with Gasteiger partial charge in [0, 0.05) is 27.4 Å². The molecule has 0 aromatic heterocycles. The van der Waals surface area contributed by atoms with Crippen molar-refractivity contribution in [2.75, 3.05) is 6.61 Å². The Morgan fingerprint density at radius 2 is 1.77 bits per heavy atom. The number of halogens is 3. The van der Waals surface area contributed by atoms with Crippen molar-refractivity contribution in [2.24, 2.45) is 5.92 Å². The van der Waals surface area contributed by atoms with E-state index in [2.05, 4.69) is 28.6 Å². The van der Waals surface area contributed by atoms with Gasteiger partial charge in [0.2, 0.25) is 0 Å². The fourth-order valence-corrected chi connectivity index (χ4v) is 5.49. The van der Waals surface area contributed by atoms with E-state index in [1.165, 1.54) is 0 Å². The van der Waals surface area contributed by atoms with E-state index in [0.29, 0.717) is 20.3 Å². The smallest absolute Gasteiger partial charge is 0.341 e. The number of hydrogen-bond donors (Lipinski definition) is 1. The number of ether oxygens (including phenoxy) is 2. The molecule has 4 rings (SSSR count). The minimum Gasteiger partial charge on any atom is -0.480 e. The molecule has 0 unspecified atom stereocenters. The second kappa shape index (κ2) is 11.2. The Bertz CT molecular complexity index is 1230. The van der Waals surface area contributed by atoms with E-state index in [9.17, 15) is 9.90 Å². The number of carboxylic acids is 1. The van der Waals surface area contributed by atoms with Crippen LogP contribution in [0.3, 0.4) is 0 Å². The summed E-state index contributed by atoms with van der Waals surface area (Å²) in [6, 6.07) is 21.2. The zero-order valence-corrected chi connectivity index (χ0v) is 22.2. The molecule has 3 aromatic rings. The average molecular weight is 576 g/mol. The Hall–Kier alpha value is -2.31. The highest BCUT2D eigenvalue weighted by Crippen LogP contribution is 2.53. The van der Waals surface area contributed by atoms with Crippen molar-refractivity contribution in [1.29, 1.82) is 0 Å². The third kappa shape index (κ3) is 5.92. The molecular formula is C28H25BrCl2O4. The van der Waals surface area contributed by atoms with Crippen molar-refractivity contribution in [3.8, 4) is 5.75 Å². The molecule has 1 N–H and O–H groups in total. The lowest BCUT2D eigenvalue weighted by molar-refractivity contribution is -0.139. The highest BCUT2D eigenvalue weighted by atomic mass is 79.9. The summed E-state index contributed by atoms with van der Waals surface area (Å²) in [7, 11) is 0. The van der Waals surface area contributed by atoms with Crippen LogP contribution in [0.5, 0.6) is 5.75 Å². The van der Waals surface area contributed by atoms with Gasteiger partial charge in [-0.05, 0) is 70.7 Å². The molecular weight excluding hydrogens is 551 g/mol. The van der Waals surface area contributed by atoms with Gasteiger partial charge in [0.25, 0.3) is 0 Å². The second-order valence-electron chi connectivity index (χ2n) is 8.72. The summed E-state index contributed by atoms with van der Waals surface area (Å²) in [5, 5.41) is 10.5. The van der Waals surface area contributed by atoms with Gasteiger partial charge in [0.15, 0.2) is 6.61 Å². The minimum absolute atomic E-state index is 0.0170. The van der Waals surface area contributed by atoms with Crippen LogP contribution in [0.4, 0.5) is 0 Å². The van der Waals surface area contributed by atoms with Gasteiger partial charge in [-0.2, -0.15) is 0 Å². The molecule has 1 fully saturated rings. The van der Waals surface area contributed by atoms with Crippen LogP contribution in [0.25, 0.3) is 0 Å². The van der Waals surface area contributed by atoms with Crippen molar-refractivity contribution in [3.63, 3.8) is 0 Å². The monoisotopic (exact) mass is 574 g/mol. The average Bonchev–Trinajstić information content (AvgIpc) is 2.82. The summed E-state index contributed by atoms with van der Waals surface area (Å²) in [6.45, 7) is 5.81.